The highest BCUT2D eigenvalue weighted by Gasteiger charge is 2.29. The first-order valence-corrected chi connectivity index (χ1v) is 7.43. The van der Waals surface area contributed by atoms with Crippen LogP contribution >= 0.6 is 0 Å². The van der Waals surface area contributed by atoms with Crippen molar-refractivity contribution >= 4 is 11.9 Å². The summed E-state index contributed by atoms with van der Waals surface area (Å²) in [4.78, 5) is 22.2. The van der Waals surface area contributed by atoms with Gasteiger partial charge in [-0.3, -0.25) is 9.59 Å². The third kappa shape index (κ3) is 7.85. The number of hydrogen-bond acceptors (Lipinski definition) is 3. The molecule has 0 aromatic rings. The van der Waals surface area contributed by atoms with Crippen molar-refractivity contribution in [3.05, 3.63) is 0 Å². The predicted octanol–water partition coefficient (Wildman–Crippen LogP) is 3.92. The Bertz CT molecular complexity index is 269. The van der Waals surface area contributed by atoms with Crippen LogP contribution in [0.2, 0.25) is 0 Å². The first kappa shape index (κ1) is 17.9. The van der Waals surface area contributed by atoms with Crippen LogP contribution in [-0.2, 0) is 14.3 Å². The maximum atomic E-state index is 11.8. The molecule has 0 spiro atoms. The molecule has 0 aromatic heterocycles. The van der Waals surface area contributed by atoms with Gasteiger partial charge < -0.3 is 9.84 Å². The summed E-state index contributed by atoms with van der Waals surface area (Å²) >= 11 is 0. The van der Waals surface area contributed by atoms with E-state index in [9.17, 15) is 9.59 Å². The standard InChI is InChI=1S/C15H28O4/c1-4-7-12-15(5-2,6-3)19-14(18)11-9-8-10-13(16)17/h4-12H2,1-3H3,(H,16,17). The zero-order chi connectivity index (χ0) is 14.7. The smallest absolute Gasteiger partial charge is 0.306 e. The number of hydrogen-bond donors (Lipinski definition) is 1. The molecule has 0 aliphatic heterocycles. The molecule has 0 heterocycles. The SMILES string of the molecule is CCCCC(CC)(CC)OC(=O)CCCCC(=O)O. The van der Waals surface area contributed by atoms with Gasteiger partial charge in [0.25, 0.3) is 0 Å². The molecular formula is C15H28O4. The van der Waals surface area contributed by atoms with Gasteiger partial charge >= 0.3 is 11.9 Å². The van der Waals surface area contributed by atoms with E-state index in [1.807, 2.05) is 0 Å². The maximum absolute atomic E-state index is 11.8. The number of carbonyl (C=O) groups is 2. The van der Waals surface area contributed by atoms with Gasteiger partial charge in [-0.1, -0.05) is 27.2 Å². The third-order valence-electron chi connectivity index (χ3n) is 3.63. The molecule has 4 nitrogen and oxygen atoms in total. The lowest BCUT2D eigenvalue weighted by Crippen LogP contribution is -2.33. The average Bonchev–Trinajstić information content (AvgIpc) is 2.39. The van der Waals surface area contributed by atoms with Crippen LogP contribution < -0.4 is 0 Å². The molecule has 0 unspecified atom stereocenters. The van der Waals surface area contributed by atoms with Gasteiger partial charge in [-0.05, 0) is 38.5 Å². The van der Waals surface area contributed by atoms with Gasteiger partial charge in [-0.2, -0.15) is 0 Å². The van der Waals surface area contributed by atoms with Crippen molar-refractivity contribution in [1.82, 2.24) is 0 Å². The fourth-order valence-corrected chi connectivity index (χ4v) is 2.14. The summed E-state index contributed by atoms with van der Waals surface area (Å²) in [6.07, 6.45) is 6.31. The lowest BCUT2D eigenvalue weighted by molar-refractivity contribution is -0.162. The van der Waals surface area contributed by atoms with Crippen LogP contribution in [0.4, 0.5) is 0 Å². The van der Waals surface area contributed by atoms with E-state index in [0.717, 1.165) is 32.1 Å². The fraction of sp³-hybridized carbons (Fsp3) is 0.867. The molecule has 0 bridgehead atoms. The van der Waals surface area contributed by atoms with Gasteiger partial charge in [0.1, 0.15) is 5.60 Å². The van der Waals surface area contributed by atoms with Crippen LogP contribution in [0.3, 0.4) is 0 Å². The third-order valence-corrected chi connectivity index (χ3v) is 3.63. The monoisotopic (exact) mass is 272 g/mol. The minimum absolute atomic E-state index is 0.121. The molecule has 0 fully saturated rings. The second-order valence-corrected chi connectivity index (χ2v) is 5.07. The molecule has 0 amide bonds. The van der Waals surface area contributed by atoms with Crippen molar-refractivity contribution in [2.24, 2.45) is 0 Å². The summed E-state index contributed by atoms with van der Waals surface area (Å²) in [5.74, 6) is -1.00. The van der Waals surface area contributed by atoms with Crippen LogP contribution in [0, 0.1) is 0 Å². The van der Waals surface area contributed by atoms with Crippen molar-refractivity contribution in [1.29, 1.82) is 0 Å². The second-order valence-electron chi connectivity index (χ2n) is 5.07. The van der Waals surface area contributed by atoms with Gasteiger partial charge in [0.05, 0.1) is 0 Å². The Labute approximate surface area is 116 Å². The van der Waals surface area contributed by atoms with E-state index in [2.05, 4.69) is 20.8 Å². The average molecular weight is 272 g/mol. The number of ether oxygens (including phenoxy) is 1. The van der Waals surface area contributed by atoms with E-state index in [1.165, 1.54) is 0 Å². The quantitative estimate of drug-likeness (QED) is 0.457. The highest BCUT2D eigenvalue weighted by molar-refractivity contribution is 5.70. The van der Waals surface area contributed by atoms with E-state index >= 15 is 0 Å². The minimum atomic E-state index is -0.812. The van der Waals surface area contributed by atoms with Crippen molar-refractivity contribution in [3.8, 4) is 0 Å². The molecule has 0 rings (SSSR count). The summed E-state index contributed by atoms with van der Waals surface area (Å²) in [6.45, 7) is 6.23. The highest BCUT2D eigenvalue weighted by Crippen LogP contribution is 2.28. The molecular weight excluding hydrogens is 244 g/mol. The molecule has 0 aromatic carbocycles. The number of aliphatic carboxylic acids is 1. The topological polar surface area (TPSA) is 63.6 Å². The maximum Gasteiger partial charge on any atom is 0.306 e. The highest BCUT2D eigenvalue weighted by atomic mass is 16.6. The van der Waals surface area contributed by atoms with Crippen molar-refractivity contribution in [3.63, 3.8) is 0 Å². The number of carbonyl (C=O) groups excluding carboxylic acids is 1. The van der Waals surface area contributed by atoms with E-state index in [-0.39, 0.29) is 18.0 Å². The first-order chi connectivity index (χ1) is 8.99. The van der Waals surface area contributed by atoms with Crippen molar-refractivity contribution < 1.29 is 19.4 Å². The zero-order valence-electron chi connectivity index (χ0n) is 12.5. The minimum Gasteiger partial charge on any atom is -0.481 e. The molecule has 0 saturated carbocycles. The Kier molecular flexibility index (Phi) is 9.27. The van der Waals surface area contributed by atoms with Crippen LogP contribution in [-0.4, -0.2) is 22.6 Å². The second kappa shape index (κ2) is 9.82. The van der Waals surface area contributed by atoms with Crippen LogP contribution in [0.25, 0.3) is 0 Å². The molecule has 0 radical (unpaired) electrons. The Hall–Kier alpha value is -1.06. The molecule has 0 aliphatic rings. The Balaban J connectivity index is 4.12. The van der Waals surface area contributed by atoms with Gasteiger partial charge in [0.2, 0.25) is 0 Å². The predicted molar refractivity (Wildman–Crippen MR) is 75.0 cm³/mol. The van der Waals surface area contributed by atoms with Gasteiger partial charge in [-0.25, -0.2) is 0 Å². The first-order valence-electron chi connectivity index (χ1n) is 7.43. The molecule has 1 N–H and O–H groups in total. The number of rotatable bonds is 11. The number of unbranched alkanes of at least 4 members (excludes halogenated alkanes) is 2. The lowest BCUT2D eigenvalue weighted by Gasteiger charge is -2.31. The summed E-state index contributed by atoms with van der Waals surface area (Å²) in [5.41, 5.74) is -0.320. The summed E-state index contributed by atoms with van der Waals surface area (Å²) in [5, 5.41) is 8.52. The van der Waals surface area contributed by atoms with E-state index in [4.69, 9.17) is 9.84 Å². The molecule has 0 aliphatic carbocycles. The normalized spacial score (nSPS) is 11.3. The van der Waals surface area contributed by atoms with E-state index in [1.54, 1.807) is 0 Å². The van der Waals surface area contributed by atoms with Crippen LogP contribution in [0.5, 0.6) is 0 Å². The van der Waals surface area contributed by atoms with Gasteiger partial charge in [-0.15, -0.1) is 0 Å². The summed E-state index contributed by atoms with van der Waals surface area (Å²) in [7, 11) is 0. The summed E-state index contributed by atoms with van der Waals surface area (Å²) in [6, 6.07) is 0. The zero-order valence-corrected chi connectivity index (χ0v) is 12.5. The largest absolute Gasteiger partial charge is 0.481 e. The molecule has 0 saturated heterocycles. The fourth-order valence-electron chi connectivity index (χ4n) is 2.14. The van der Waals surface area contributed by atoms with E-state index in [0.29, 0.717) is 19.3 Å². The number of carboxylic acid groups (broad SMARTS) is 1. The lowest BCUT2D eigenvalue weighted by atomic mass is 9.90. The van der Waals surface area contributed by atoms with Crippen molar-refractivity contribution in [2.45, 2.75) is 84.2 Å². The summed E-state index contributed by atoms with van der Waals surface area (Å²) < 4.78 is 5.66. The van der Waals surface area contributed by atoms with Crippen LogP contribution in [0.15, 0.2) is 0 Å². The number of carboxylic acids is 1. The molecule has 4 heteroatoms. The Morgan fingerprint density at radius 1 is 1.00 bits per heavy atom. The van der Waals surface area contributed by atoms with Gasteiger partial charge in [0.15, 0.2) is 0 Å². The molecule has 112 valence electrons. The Morgan fingerprint density at radius 3 is 2.05 bits per heavy atom. The van der Waals surface area contributed by atoms with E-state index < -0.39 is 5.97 Å². The number of esters is 1. The van der Waals surface area contributed by atoms with Crippen molar-refractivity contribution in [2.75, 3.05) is 0 Å². The molecule has 0 atom stereocenters. The van der Waals surface area contributed by atoms with Gasteiger partial charge in [0, 0.05) is 12.8 Å². The molecule has 19 heavy (non-hydrogen) atoms. The Morgan fingerprint density at radius 2 is 1.58 bits per heavy atom. The van der Waals surface area contributed by atoms with Crippen LogP contribution in [0.1, 0.15) is 78.6 Å².